The van der Waals surface area contributed by atoms with E-state index in [2.05, 4.69) is 10.6 Å². The van der Waals surface area contributed by atoms with Crippen LogP contribution in [0.5, 0.6) is 0 Å². The third kappa shape index (κ3) is 4.84. The third-order valence-corrected chi connectivity index (χ3v) is 5.25. The molecule has 0 saturated carbocycles. The second kappa shape index (κ2) is 8.18. The number of para-hydroxylation sites is 1. The van der Waals surface area contributed by atoms with E-state index in [0.29, 0.717) is 12.8 Å². The van der Waals surface area contributed by atoms with E-state index >= 15 is 0 Å². The summed E-state index contributed by atoms with van der Waals surface area (Å²) in [6, 6.07) is 16.7. The van der Waals surface area contributed by atoms with Crippen LogP contribution < -0.4 is 10.6 Å². The SMILES string of the molecule is O=C1CC(N[C@H](CCc2ccccc2)C(=O)O)Sc2ccccc2N1. The van der Waals surface area contributed by atoms with Crippen LogP contribution in [-0.2, 0) is 16.0 Å². The van der Waals surface area contributed by atoms with Crippen molar-refractivity contribution in [2.75, 3.05) is 5.32 Å². The number of carbonyl (C=O) groups excluding carboxylic acids is 1. The van der Waals surface area contributed by atoms with E-state index in [1.165, 1.54) is 11.8 Å². The van der Waals surface area contributed by atoms with Crippen LogP contribution in [0.4, 0.5) is 5.69 Å². The lowest BCUT2D eigenvalue weighted by Crippen LogP contribution is -2.43. The van der Waals surface area contributed by atoms with Gasteiger partial charge in [-0.3, -0.25) is 14.9 Å². The smallest absolute Gasteiger partial charge is 0.320 e. The summed E-state index contributed by atoms with van der Waals surface area (Å²) in [5, 5.41) is 15.3. The third-order valence-electron chi connectivity index (χ3n) is 4.05. The summed E-state index contributed by atoms with van der Waals surface area (Å²) in [6.07, 6.45) is 1.37. The van der Waals surface area contributed by atoms with Gasteiger partial charge in [0, 0.05) is 4.90 Å². The van der Waals surface area contributed by atoms with E-state index in [-0.39, 0.29) is 17.7 Å². The zero-order valence-corrected chi connectivity index (χ0v) is 14.5. The fourth-order valence-electron chi connectivity index (χ4n) is 2.79. The van der Waals surface area contributed by atoms with Crippen molar-refractivity contribution in [2.24, 2.45) is 0 Å². The van der Waals surface area contributed by atoms with Crippen molar-refractivity contribution in [3.63, 3.8) is 0 Å². The van der Waals surface area contributed by atoms with Gasteiger partial charge in [0.15, 0.2) is 0 Å². The van der Waals surface area contributed by atoms with Crippen LogP contribution in [0.15, 0.2) is 59.5 Å². The van der Waals surface area contributed by atoms with Crippen LogP contribution in [0.1, 0.15) is 18.4 Å². The number of rotatable bonds is 6. The van der Waals surface area contributed by atoms with Crippen molar-refractivity contribution in [3.8, 4) is 0 Å². The Morgan fingerprint density at radius 1 is 1.20 bits per heavy atom. The van der Waals surface area contributed by atoms with Gasteiger partial charge in [-0.15, -0.1) is 11.8 Å². The Hall–Kier alpha value is -2.31. The largest absolute Gasteiger partial charge is 0.480 e. The van der Waals surface area contributed by atoms with Crippen molar-refractivity contribution < 1.29 is 14.7 Å². The van der Waals surface area contributed by atoms with Gasteiger partial charge in [0.2, 0.25) is 5.91 Å². The number of hydrogen-bond donors (Lipinski definition) is 3. The van der Waals surface area contributed by atoms with Crippen LogP contribution in [0.25, 0.3) is 0 Å². The molecule has 130 valence electrons. The van der Waals surface area contributed by atoms with Gasteiger partial charge in [-0.25, -0.2) is 0 Å². The number of hydrogen-bond acceptors (Lipinski definition) is 4. The molecule has 6 heteroatoms. The van der Waals surface area contributed by atoms with Gasteiger partial charge >= 0.3 is 5.97 Å². The fraction of sp³-hybridized carbons (Fsp3) is 0.263. The molecule has 0 spiro atoms. The Balaban J connectivity index is 1.67. The summed E-state index contributed by atoms with van der Waals surface area (Å²) >= 11 is 1.49. The number of carbonyl (C=O) groups is 2. The molecule has 0 aromatic heterocycles. The molecule has 2 aromatic carbocycles. The predicted octanol–water partition coefficient (Wildman–Crippen LogP) is 3.12. The molecule has 1 aliphatic heterocycles. The minimum atomic E-state index is -0.894. The maximum absolute atomic E-state index is 12.1. The van der Waals surface area contributed by atoms with Gasteiger partial charge in [0.05, 0.1) is 17.5 Å². The number of amides is 1. The zero-order chi connectivity index (χ0) is 17.6. The standard InChI is InChI=1S/C19H20N2O3S/c22-17-12-18(25-16-9-5-4-8-14(16)20-17)21-15(19(23)24)11-10-13-6-2-1-3-7-13/h1-9,15,18,21H,10-12H2,(H,20,22)(H,23,24)/t15-,18?/m1/s1. The molecule has 1 amide bonds. The second-order valence-corrected chi connectivity index (χ2v) is 7.18. The highest BCUT2D eigenvalue weighted by atomic mass is 32.2. The first-order valence-electron chi connectivity index (χ1n) is 8.20. The van der Waals surface area contributed by atoms with Crippen molar-refractivity contribution in [2.45, 2.75) is 35.6 Å². The Labute approximate surface area is 150 Å². The number of nitrogens with one attached hydrogen (secondary N) is 2. The maximum atomic E-state index is 12.1. The molecule has 5 nitrogen and oxygen atoms in total. The summed E-state index contributed by atoms with van der Waals surface area (Å²) in [6.45, 7) is 0. The number of thioether (sulfide) groups is 1. The number of fused-ring (bicyclic) bond motifs is 1. The first-order chi connectivity index (χ1) is 12.1. The van der Waals surface area contributed by atoms with E-state index in [1.807, 2.05) is 54.6 Å². The van der Waals surface area contributed by atoms with Crippen LogP contribution in [-0.4, -0.2) is 28.4 Å². The average Bonchev–Trinajstić information content (AvgIpc) is 2.76. The Morgan fingerprint density at radius 3 is 2.68 bits per heavy atom. The lowest BCUT2D eigenvalue weighted by molar-refractivity contribution is -0.139. The number of benzene rings is 2. The summed E-state index contributed by atoms with van der Waals surface area (Å²) in [5.41, 5.74) is 1.88. The number of aliphatic carboxylic acids is 1. The molecule has 3 N–H and O–H groups in total. The fourth-order valence-corrected chi connectivity index (χ4v) is 3.97. The first-order valence-corrected chi connectivity index (χ1v) is 9.08. The highest BCUT2D eigenvalue weighted by Gasteiger charge is 2.27. The van der Waals surface area contributed by atoms with Crippen molar-refractivity contribution in [3.05, 3.63) is 60.2 Å². The van der Waals surface area contributed by atoms with Gasteiger partial charge in [-0.05, 0) is 30.5 Å². The quantitative estimate of drug-likeness (QED) is 0.741. The minimum Gasteiger partial charge on any atom is -0.480 e. The second-order valence-electron chi connectivity index (χ2n) is 5.94. The number of carboxylic acid groups (broad SMARTS) is 1. The Morgan fingerprint density at radius 2 is 1.92 bits per heavy atom. The maximum Gasteiger partial charge on any atom is 0.320 e. The zero-order valence-electron chi connectivity index (χ0n) is 13.6. The summed E-state index contributed by atoms with van der Waals surface area (Å²) in [5.74, 6) is -1.00. The lowest BCUT2D eigenvalue weighted by Gasteiger charge is -2.21. The molecule has 1 unspecified atom stereocenters. The molecule has 2 aromatic rings. The molecule has 3 rings (SSSR count). The van der Waals surface area contributed by atoms with Gasteiger partial charge < -0.3 is 10.4 Å². The van der Waals surface area contributed by atoms with Crippen LogP contribution in [0.3, 0.4) is 0 Å². The monoisotopic (exact) mass is 356 g/mol. The highest BCUT2D eigenvalue weighted by Crippen LogP contribution is 2.34. The summed E-state index contributed by atoms with van der Waals surface area (Å²) in [7, 11) is 0. The van der Waals surface area contributed by atoms with E-state index in [9.17, 15) is 14.7 Å². The van der Waals surface area contributed by atoms with E-state index in [0.717, 1.165) is 16.1 Å². The van der Waals surface area contributed by atoms with Gasteiger partial charge in [0.1, 0.15) is 6.04 Å². The molecule has 0 fully saturated rings. The van der Waals surface area contributed by atoms with Gasteiger partial charge in [-0.1, -0.05) is 42.5 Å². The molecule has 1 aliphatic rings. The molecule has 0 bridgehead atoms. The van der Waals surface area contributed by atoms with Crippen molar-refractivity contribution in [1.82, 2.24) is 5.32 Å². The minimum absolute atomic E-state index is 0.109. The van der Waals surface area contributed by atoms with E-state index in [4.69, 9.17) is 0 Å². The van der Waals surface area contributed by atoms with Crippen LogP contribution in [0.2, 0.25) is 0 Å². The highest BCUT2D eigenvalue weighted by molar-refractivity contribution is 8.00. The molecule has 0 saturated heterocycles. The summed E-state index contributed by atoms with van der Waals surface area (Å²) in [4.78, 5) is 24.7. The lowest BCUT2D eigenvalue weighted by atomic mass is 10.1. The molecule has 0 aliphatic carbocycles. The Kier molecular flexibility index (Phi) is 5.73. The Bertz CT molecular complexity index is 751. The molecule has 0 radical (unpaired) electrons. The number of carboxylic acids is 1. The topological polar surface area (TPSA) is 78.4 Å². The van der Waals surface area contributed by atoms with Crippen molar-refractivity contribution in [1.29, 1.82) is 0 Å². The predicted molar refractivity (Wildman–Crippen MR) is 98.7 cm³/mol. The summed E-state index contributed by atoms with van der Waals surface area (Å²) < 4.78 is 0. The molecule has 2 atom stereocenters. The van der Waals surface area contributed by atoms with E-state index in [1.54, 1.807) is 0 Å². The molecule has 25 heavy (non-hydrogen) atoms. The number of aryl methyl sites for hydroxylation is 1. The molecular weight excluding hydrogens is 336 g/mol. The average molecular weight is 356 g/mol. The normalized spacial score (nSPS) is 17.9. The van der Waals surface area contributed by atoms with Crippen LogP contribution in [0, 0.1) is 0 Å². The van der Waals surface area contributed by atoms with Gasteiger partial charge in [-0.2, -0.15) is 0 Å². The number of anilines is 1. The first kappa shape index (κ1) is 17.5. The van der Waals surface area contributed by atoms with E-state index < -0.39 is 12.0 Å². The molecular formula is C19H20N2O3S. The van der Waals surface area contributed by atoms with Crippen LogP contribution >= 0.6 is 11.8 Å². The van der Waals surface area contributed by atoms with Gasteiger partial charge in [0.25, 0.3) is 0 Å². The molecule has 1 heterocycles. The van der Waals surface area contributed by atoms with Crippen molar-refractivity contribution >= 4 is 29.3 Å².